The summed E-state index contributed by atoms with van der Waals surface area (Å²) in [6.07, 6.45) is -0.535. The average molecular weight is 918 g/mol. The van der Waals surface area contributed by atoms with Gasteiger partial charge in [-0.3, -0.25) is 35.1 Å². The molecule has 6 atom stereocenters. The molecule has 3 amide bonds. The molecule has 0 aliphatic carbocycles. The van der Waals surface area contributed by atoms with Crippen LogP contribution in [0.1, 0.15) is 49.8 Å². The molecule has 3 aromatic rings. The number of carbonyl (C=O) groups is 4. The molecule has 3 fully saturated rings. The van der Waals surface area contributed by atoms with Crippen molar-refractivity contribution in [1.82, 2.24) is 20.0 Å². The molecule has 0 saturated carbocycles. The van der Waals surface area contributed by atoms with Crippen LogP contribution < -0.4 is 5.32 Å². The Morgan fingerprint density at radius 1 is 0.800 bits per heavy atom. The van der Waals surface area contributed by atoms with Gasteiger partial charge in [0.1, 0.15) is 25.5 Å². The smallest absolute Gasteiger partial charge is 0.410 e. The highest BCUT2D eigenvalue weighted by atomic mass is 32.2. The number of alkyl carbamates (subject to hydrolysis) is 1. The van der Waals surface area contributed by atoms with Crippen molar-refractivity contribution in [2.75, 3.05) is 26.2 Å². The van der Waals surface area contributed by atoms with Gasteiger partial charge in [0.15, 0.2) is 0 Å². The first-order chi connectivity index (χ1) is 31.1. The van der Waals surface area contributed by atoms with Crippen molar-refractivity contribution in [2.24, 2.45) is 11.8 Å². The van der Waals surface area contributed by atoms with E-state index in [1.807, 2.05) is 6.92 Å². The number of thioether (sulfide) groups is 1. The molecule has 3 saturated heterocycles. The molecule has 4 aliphatic rings. The predicted molar refractivity (Wildman–Crippen MR) is 231 cm³/mol. The van der Waals surface area contributed by atoms with E-state index in [4.69, 9.17) is 14.2 Å². The molecule has 65 heavy (non-hydrogen) atoms. The van der Waals surface area contributed by atoms with Gasteiger partial charge in [0.2, 0.25) is 5.91 Å². The maximum absolute atomic E-state index is 13.9. The summed E-state index contributed by atoms with van der Waals surface area (Å²) in [6, 6.07) is 15.9. The van der Waals surface area contributed by atoms with Crippen LogP contribution in [-0.2, 0) is 43.6 Å². The fourth-order valence-corrected chi connectivity index (χ4v) is 10.3. The number of rotatable bonds is 16. The predicted octanol–water partition coefficient (Wildman–Crippen LogP) is 5.43. The number of aliphatic hydroxyl groups is 1. The second kappa shape index (κ2) is 20.0. The topological polar surface area (TPSA) is 267 Å². The van der Waals surface area contributed by atoms with E-state index in [1.54, 1.807) is 4.90 Å². The van der Waals surface area contributed by atoms with Crippen LogP contribution in [0.3, 0.4) is 0 Å². The van der Waals surface area contributed by atoms with E-state index >= 15 is 0 Å². The number of hydrogen-bond acceptors (Lipinski definition) is 16. The number of nitro benzene ring substituents is 3. The molecule has 2 N–H and O–H groups in total. The van der Waals surface area contributed by atoms with E-state index < -0.39 is 56.9 Å². The number of carbonyl (C=O) groups excluding carboxylic acids is 4. The molecule has 4 aliphatic heterocycles. The van der Waals surface area contributed by atoms with E-state index in [0.29, 0.717) is 60.5 Å². The Morgan fingerprint density at radius 3 is 1.78 bits per heavy atom. The van der Waals surface area contributed by atoms with Crippen molar-refractivity contribution < 1.29 is 53.3 Å². The molecule has 4 heterocycles. The van der Waals surface area contributed by atoms with E-state index in [0.717, 1.165) is 0 Å². The Bertz CT molecular complexity index is 2340. The van der Waals surface area contributed by atoms with Crippen LogP contribution in [-0.4, -0.2) is 114 Å². The van der Waals surface area contributed by atoms with Gasteiger partial charge in [-0.25, -0.2) is 14.4 Å². The molecule has 22 heteroatoms. The molecule has 0 unspecified atom stereocenters. The maximum atomic E-state index is 13.9. The number of amides is 3. The first-order valence-corrected chi connectivity index (χ1v) is 21.8. The number of β-lactam (4-membered cyclic amide) rings is 1. The summed E-state index contributed by atoms with van der Waals surface area (Å²) in [5.41, 5.74) is 1.42. The number of hydrogen-bond donors (Lipinski definition) is 2. The lowest BCUT2D eigenvalue weighted by Gasteiger charge is -2.46. The number of non-ortho nitro benzene ring substituents is 3. The summed E-state index contributed by atoms with van der Waals surface area (Å²) < 4.78 is 16.8. The standard InChI is InChI=1S/C43H47N7O14S/c1-25-37-36(26(2)51)40(52)47(37)38(41(53)62-22-27-3-9-31(10-4-27)48(56)57)39(25)65-35-19-34(46(21-35)43(55)64-24-29-7-13-33(14-8-29)50(60)61)20-45-17-15-30(16-18-45)44-42(54)63-23-28-5-11-32(12-6-28)49(58)59/h3-14,25-26,30,34-37,51H,15-24H2,1-2H3,(H,44,54)/t25-,26-,34+,35+,36-,37-/m1/s1. The van der Waals surface area contributed by atoms with Crippen LogP contribution in [0.4, 0.5) is 26.7 Å². The number of nitrogens with zero attached hydrogens (tertiary/aromatic N) is 6. The highest BCUT2D eigenvalue weighted by molar-refractivity contribution is 8.03. The fraction of sp³-hybridized carbons (Fsp3) is 0.442. The van der Waals surface area contributed by atoms with Crippen LogP contribution in [0.5, 0.6) is 0 Å². The van der Waals surface area contributed by atoms with Crippen molar-refractivity contribution in [1.29, 1.82) is 0 Å². The van der Waals surface area contributed by atoms with Gasteiger partial charge in [0, 0.05) is 90.7 Å². The Morgan fingerprint density at radius 2 is 1.29 bits per heavy atom. The Kier molecular flexibility index (Phi) is 14.3. The van der Waals surface area contributed by atoms with Crippen molar-refractivity contribution in [3.63, 3.8) is 0 Å². The number of piperidine rings is 1. The summed E-state index contributed by atoms with van der Waals surface area (Å²) >= 11 is 1.37. The number of likely N-dealkylation sites (tertiary alicyclic amines) is 2. The number of benzene rings is 3. The van der Waals surface area contributed by atoms with Crippen LogP contribution in [0, 0.1) is 42.2 Å². The lowest BCUT2D eigenvalue weighted by Crippen LogP contribution is -2.63. The van der Waals surface area contributed by atoms with Gasteiger partial charge in [-0.2, -0.15) is 0 Å². The first kappa shape index (κ1) is 46.3. The van der Waals surface area contributed by atoms with E-state index in [1.165, 1.54) is 96.4 Å². The van der Waals surface area contributed by atoms with Crippen molar-refractivity contribution in [2.45, 2.75) is 82.4 Å². The van der Waals surface area contributed by atoms with Crippen molar-refractivity contribution >= 4 is 52.9 Å². The summed E-state index contributed by atoms with van der Waals surface area (Å²) in [5, 5.41) is 46.4. The summed E-state index contributed by atoms with van der Waals surface area (Å²) in [5.74, 6) is -2.28. The zero-order valence-electron chi connectivity index (χ0n) is 35.4. The van der Waals surface area contributed by atoms with Crippen molar-refractivity contribution in [3.05, 3.63) is 130 Å². The molecule has 3 aromatic carbocycles. The summed E-state index contributed by atoms with van der Waals surface area (Å²) in [4.78, 5) is 91.3. The molecule has 0 aromatic heterocycles. The van der Waals surface area contributed by atoms with E-state index in [-0.39, 0.29) is 72.4 Å². The van der Waals surface area contributed by atoms with Crippen LogP contribution in [0.15, 0.2) is 83.4 Å². The molecule has 0 radical (unpaired) electrons. The average Bonchev–Trinajstić information content (AvgIpc) is 3.79. The minimum Gasteiger partial charge on any atom is -0.456 e. The van der Waals surface area contributed by atoms with Gasteiger partial charge < -0.3 is 39.3 Å². The van der Waals surface area contributed by atoms with Gasteiger partial charge in [-0.15, -0.1) is 11.8 Å². The maximum Gasteiger partial charge on any atom is 0.410 e. The fourth-order valence-electron chi connectivity index (χ4n) is 8.71. The number of ether oxygens (including phenoxy) is 3. The largest absolute Gasteiger partial charge is 0.456 e. The minimum atomic E-state index is -0.975. The van der Waals surface area contributed by atoms with Crippen LogP contribution in [0.25, 0.3) is 0 Å². The Hall–Kier alpha value is -6.65. The van der Waals surface area contributed by atoms with Crippen molar-refractivity contribution in [3.8, 4) is 0 Å². The number of esters is 1. The number of aliphatic hydroxyl groups excluding tert-OH is 1. The van der Waals surface area contributed by atoms with Gasteiger partial charge in [-0.05, 0) is 79.3 Å². The van der Waals surface area contributed by atoms with Gasteiger partial charge in [0.05, 0.1) is 32.8 Å². The zero-order chi connectivity index (χ0) is 46.5. The molecule has 7 rings (SSSR count). The Labute approximate surface area is 376 Å². The third-order valence-corrected chi connectivity index (χ3v) is 13.6. The van der Waals surface area contributed by atoms with Crippen LogP contribution >= 0.6 is 11.8 Å². The molecule has 0 spiro atoms. The normalized spacial score (nSPS) is 22.4. The monoisotopic (exact) mass is 917 g/mol. The minimum absolute atomic E-state index is 0.0592. The lowest BCUT2D eigenvalue weighted by atomic mass is 9.79. The van der Waals surface area contributed by atoms with Gasteiger partial charge >= 0.3 is 18.2 Å². The molecule has 344 valence electrons. The first-order valence-electron chi connectivity index (χ1n) is 21.0. The van der Waals surface area contributed by atoms with Gasteiger partial charge in [-0.1, -0.05) is 6.92 Å². The zero-order valence-corrected chi connectivity index (χ0v) is 36.2. The van der Waals surface area contributed by atoms with Gasteiger partial charge in [0.25, 0.3) is 17.1 Å². The third kappa shape index (κ3) is 10.7. The highest BCUT2D eigenvalue weighted by Crippen LogP contribution is 2.52. The second-order valence-corrected chi connectivity index (χ2v) is 17.8. The SMILES string of the molecule is C[C@@H](O)[C@H]1C(=O)N2C(C(=O)OCc3ccc([N+](=O)[O-])cc3)=C(S[C@H]3C[C@@H](CN4CCC(NC(=O)OCc5ccc([N+](=O)[O-])cc5)CC4)N(C(=O)OCc4ccc([N+](=O)[O-])cc4)C3)[C@H](C)[C@H]12. The lowest BCUT2D eigenvalue weighted by molar-refractivity contribution is -0.385. The van der Waals surface area contributed by atoms with Crippen LogP contribution in [0.2, 0.25) is 0 Å². The molecule has 0 bridgehead atoms. The van der Waals surface area contributed by atoms with E-state index in [9.17, 15) is 54.6 Å². The van der Waals surface area contributed by atoms with E-state index in [2.05, 4.69) is 10.2 Å². The quantitative estimate of drug-likeness (QED) is 0.0596. The highest BCUT2D eigenvalue weighted by Gasteiger charge is 2.60. The molecule has 21 nitrogen and oxygen atoms in total. The third-order valence-electron chi connectivity index (χ3n) is 12.1. The Balaban J connectivity index is 1.03. The number of nitro groups is 3. The number of nitrogens with one attached hydrogen (secondary N) is 1. The summed E-state index contributed by atoms with van der Waals surface area (Å²) in [6.45, 7) is 4.84. The molecular weight excluding hydrogens is 871 g/mol. The molecular formula is C43H47N7O14S. The summed E-state index contributed by atoms with van der Waals surface area (Å²) in [7, 11) is 0. The second-order valence-electron chi connectivity index (χ2n) is 16.4. The number of fused-ring (bicyclic) bond motifs is 1.